The molecule has 9 heteroatoms. The highest BCUT2D eigenvalue weighted by atomic mass is 19.1. The summed E-state index contributed by atoms with van der Waals surface area (Å²) in [6.45, 7) is 0. The molecule has 1 amide bonds. The molecule has 0 spiro atoms. The Balaban J connectivity index is 1.89. The van der Waals surface area contributed by atoms with Gasteiger partial charge in [0.05, 0.1) is 24.6 Å². The summed E-state index contributed by atoms with van der Waals surface area (Å²) in [5.74, 6) is -0.822. The van der Waals surface area contributed by atoms with E-state index in [4.69, 9.17) is 16.2 Å². The van der Waals surface area contributed by atoms with Crippen molar-refractivity contribution in [2.75, 3.05) is 17.7 Å². The van der Waals surface area contributed by atoms with E-state index in [1.54, 1.807) is 12.1 Å². The number of amides is 1. The molecule has 3 rings (SSSR count). The molecule has 0 bridgehead atoms. The molecule has 0 radical (unpaired) electrons. The SMILES string of the molecule is COc1ccc(Nc2nc(NC3CCCCC3N)c(F)cc2C(N)=O)cn1. The number of primary amides is 1. The first-order chi connectivity index (χ1) is 13.0. The summed E-state index contributed by atoms with van der Waals surface area (Å²) >= 11 is 0. The zero-order valence-corrected chi connectivity index (χ0v) is 15.0. The smallest absolute Gasteiger partial charge is 0.252 e. The molecule has 0 saturated heterocycles. The molecule has 2 aromatic heterocycles. The molecule has 1 fully saturated rings. The fourth-order valence-corrected chi connectivity index (χ4v) is 3.10. The highest BCUT2D eigenvalue weighted by molar-refractivity contribution is 5.98. The van der Waals surface area contributed by atoms with E-state index in [2.05, 4.69) is 20.6 Å². The third-order valence-electron chi connectivity index (χ3n) is 4.59. The van der Waals surface area contributed by atoms with Crippen LogP contribution in [0, 0.1) is 5.82 Å². The van der Waals surface area contributed by atoms with Gasteiger partial charge in [-0.05, 0) is 25.0 Å². The van der Waals surface area contributed by atoms with Gasteiger partial charge in [-0.1, -0.05) is 12.8 Å². The normalized spacial score (nSPS) is 19.4. The van der Waals surface area contributed by atoms with E-state index >= 15 is 0 Å². The molecule has 1 aliphatic carbocycles. The van der Waals surface area contributed by atoms with Crippen LogP contribution in [0.4, 0.5) is 21.7 Å². The first-order valence-electron chi connectivity index (χ1n) is 8.77. The molecule has 0 aromatic carbocycles. The van der Waals surface area contributed by atoms with Crippen LogP contribution < -0.4 is 26.8 Å². The summed E-state index contributed by atoms with van der Waals surface area (Å²) in [6.07, 6.45) is 5.31. The van der Waals surface area contributed by atoms with Crippen molar-refractivity contribution in [1.82, 2.24) is 9.97 Å². The molecule has 27 heavy (non-hydrogen) atoms. The first-order valence-corrected chi connectivity index (χ1v) is 8.77. The Bertz CT molecular complexity index is 814. The Labute approximate surface area is 156 Å². The molecule has 2 unspecified atom stereocenters. The maximum atomic E-state index is 14.5. The molecule has 144 valence electrons. The second kappa shape index (κ2) is 8.17. The number of nitrogens with one attached hydrogen (secondary N) is 2. The van der Waals surface area contributed by atoms with E-state index in [9.17, 15) is 9.18 Å². The molecule has 2 atom stereocenters. The van der Waals surface area contributed by atoms with Gasteiger partial charge < -0.3 is 26.8 Å². The number of hydrogen-bond acceptors (Lipinski definition) is 7. The van der Waals surface area contributed by atoms with E-state index in [-0.39, 0.29) is 29.3 Å². The average molecular weight is 374 g/mol. The quantitative estimate of drug-likeness (QED) is 0.610. The average Bonchev–Trinajstić information content (AvgIpc) is 2.66. The van der Waals surface area contributed by atoms with E-state index < -0.39 is 11.7 Å². The summed E-state index contributed by atoms with van der Waals surface area (Å²) in [5.41, 5.74) is 12.0. The Hall–Kier alpha value is -2.94. The standard InChI is InChI=1S/C18H23FN6O2/c1-27-15-7-6-10(9-22-15)23-17-11(16(21)26)8-12(19)18(25-17)24-14-5-3-2-4-13(14)20/h6-9,13-14H,2-5,20H2,1H3,(H2,21,26)(H2,23,24,25). The molecule has 1 saturated carbocycles. The maximum absolute atomic E-state index is 14.5. The molecular formula is C18H23FN6O2. The predicted octanol–water partition coefficient (Wildman–Crippen LogP) is 2.15. The number of halogens is 1. The van der Waals surface area contributed by atoms with Gasteiger partial charge in [0.15, 0.2) is 11.6 Å². The lowest BCUT2D eigenvalue weighted by Crippen LogP contribution is -2.43. The first kappa shape index (κ1) is 18.8. The highest BCUT2D eigenvalue weighted by Gasteiger charge is 2.24. The summed E-state index contributed by atoms with van der Waals surface area (Å²) in [6, 6.07) is 4.28. The van der Waals surface area contributed by atoms with Gasteiger partial charge in [-0.2, -0.15) is 0 Å². The molecule has 8 nitrogen and oxygen atoms in total. The summed E-state index contributed by atoms with van der Waals surface area (Å²) in [7, 11) is 1.51. The minimum absolute atomic E-state index is 0.0336. The monoisotopic (exact) mass is 374 g/mol. The Morgan fingerprint density at radius 1 is 1.30 bits per heavy atom. The summed E-state index contributed by atoms with van der Waals surface area (Å²) < 4.78 is 19.5. The topological polar surface area (TPSA) is 128 Å². The number of anilines is 3. The molecule has 1 aliphatic rings. The van der Waals surface area contributed by atoms with Crippen LogP contribution in [-0.2, 0) is 0 Å². The molecular weight excluding hydrogens is 351 g/mol. The number of aromatic nitrogens is 2. The van der Waals surface area contributed by atoms with Crippen molar-refractivity contribution >= 4 is 23.2 Å². The number of carbonyl (C=O) groups excluding carboxylic acids is 1. The number of hydrogen-bond donors (Lipinski definition) is 4. The van der Waals surface area contributed by atoms with E-state index in [1.165, 1.54) is 13.3 Å². The number of nitrogens with zero attached hydrogens (tertiary/aromatic N) is 2. The second-order valence-electron chi connectivity index (χ2n) is 6.49. The van der Waals surface area contributed by atoms with E-state index in [1.807, 2.05) is 0 Å². The van der Waals surface area contributed by atoms with Gasteiger partial charge in [-0.3, -0.25) is 4.79 Å². The van der Waals surface area contributed by atoms with Gasteiger partial charge >= 0.3 is 0 Å². The zero-order valence-electron chi connectivity index (χ0n) is 15.0. The molecule has 2 aromatic rings. The van der Waals surface area contributed by atoms with Crippen LogP contribution in [0.2, 0.25) is 0 Å². The van der Waals surface area contributed by atoms with Gasteiger partial charge in [-0.25, -0.2) is 14.4 Å². The van der Waals surface area contributed by atoms with E-state index in [0.29, 0.717) is 11.6 Å². The van der Waals surface area contributed by atoms with Crippen LogP contribution in [0.5, 0.6) is 5.88 Å². The fraction of sp³-hybridized carbons (Fsp3) is 0.389. The van der Waals surface area contributed by atoms with Crippen LogP contribution in [0.3, 0.4) is 0 Å². The van der Waals surface area contributed by atoms with Crippen molar-refractivity contribution in [3.63, 3.8) is 0 Å². The van der Waals surface area contributed by atoms with Crippen LogP contribution in [0.1, 0.15) is 36.0 Å². The number of methoxy groups -OCH3 is 1. The third kappa shape index (κ3) is 4.43. The minimum Gasteiger partial charge on any atom is -0.481 e. The van der Waals surface area contributed by atoms with Gasteiger partial charge in [0.25, 0.3) is 5.91 Å². The van der Waals surface area contributed by atoms with Crippen molar-refractivity contribution in [1.29, 1.82) is 0 Å². The lowest BCUT2D eigenvalue weighted by atomic mass is 9.91. The zero-order chi connectivity index (χ0) is 19.4. The number of rotatable bonds is 6. The molecule has 2 heterocycles. The Morgan fingerprint density at radius 3 is 2.70 bits per heavy atom. The number of carbonyl (C=O) groups is 1. The number of ether oxygens (including phenoxy) is 1. The predicted molar refractivity (Wildman–Crippen MR) is 101 cm³/mol. The van der Waals surface area contributed by atoms with Gasteiger partial charge in [0, 0.05) is 18.2 Å². The van der Waals surface area contributed by atoms with Gasteiger partial charge in [0.2, 0.25) is 5.88 Å². The van der Waals surface area contributed by atoms with Gasteiger partial charge in [0.1, 0.15) is 5.82 Å². The van der Waals surface area contributed by atoms with Gasteiger partial charge in [-0.15, -0.1) is 0 Å². The lowest BCUT2D eigenvalue weighted by Gasteiger charge is -2.30. The van der Waals surface area contributed by atoms with Crippen LogP contribution in [-0.4, -0.2) is 35.1 Å². The Morgan fingerprint density at radius 2 is 2.07 bits per heavy atom. The van der Waals surface area contributed by atoms with Crippen LogP contribution >= 0.6 is 0 Å². The second-order valence-corrected chi connectivity index (χ2v) is 6.49. The van der Waals surface area contributed by atoms with Crippen molar-refractivity contribution in [2.45, 2.75) is 37.8 Å². The highest BCUT2D eigenvalue weighted by Crippen LogP contribution is 2.26. The summed E-state index contributed by atoms with van der Waals surface area (Å²) in [4.78, 5) is 20.0. The van der Waals surface area contributed by atoms with Crippen molar-refractivity contribution < 1.29 is 13.9 Å². The lowest BCUT2D eigenvalue weighted by molar-refractivity contribution is 0.100. The maximum Gasteiger partial charge on any atom is 0.252 e. The molecule has 6 N–H and O–H groups in total. The molecule has 0 aliphatic heterocycles. The number of pyridine rings is 2. The van der Waals surface area contributed by atoms with Crippen molar-refractivity contribution in [3.05, 3.63) is 35.8 Å². The fourth-order valence-electron chi connectivity index (χ4n) is 3.10. The van der Waals surface area contributed by atoms with E-state index in [0.717, 1.165) is 31.7 Å². The van der Waals surface area contributed by atoms with Crippen LogP contribution in [0.15, 0.2) is 24.4 Å². The van der Waals surface area contributed by atoms with Crippen LogP contribution in [0.25, 0.3) is 0 Å². The minimum atomic E-state index is -0.786. The summed E-state index contributed by atoms with van der Waals surface area (Å²) in [5, 5.41) is 6.02. The van der Waals surface area contributed by atoms with Crippen molar-refractivity contribution in [2.24, 2.45) is 11.5 Å². The Kier molecular flexibility index (Phi) is 5.70. The van der Waals surface area contributed by atoms with Crippen molar-refractivity contribution in [3.8, 4) is 5.88 Å². The number of nitrogens with two attached hydrogens (primary N) is 2. The largest absolute Gasteiger partial charge is 0.481 e. The third-order valence-corrected chi connectivity index (χ3v) is 4.59.